The van der Waals surface area contributed by atoms with Gasteiger partial charge in [0, 0.05) is 11.4 Å². The van der Waals surface area contributed by atoms with Gasteiger partial charge in [-0.15, -0.1) is 0 Å². The maximum atomic E-state index is 5.55. The van der Waals surface area contributed by atoms with Gasteiger partial charge in [-0.3, -0.25) is 0 Å². The van der Waals surface area contributed by atoms with Crippen molar-refractivity contribution in [1.29, 1.82) is 0 Å². The Morgan fingerprint density at radius 3 is 2.61 bits per heavy atom. The summed E-state index contributed by atoms with van der Waals surface area (Å²) < 4.78 is 5.55. The number of hydrogen-bond acceptors (Lipinski definition) is 2. The molecule has 0 saturated carbocycles. The van der Waals surface area contributed by atoms with Crippen LogP contribution in [0.1, 0.15) is 24.1 Å². The minimum atomic E-state index is 0.443. The Kier molecular flexibility index (Phi) is 2.75. The minimum absolute atomic E-state index is 0.443. The first-order chi connectivity index (χ1) is 8.76. The van der Waals surface area contributed by atoms with Crippen molar-refractivity contribution in [3.05, 3.63) is 41.5 Å². The van der Waals surface area contributed by atoms with Gasteiger partial charge in [-0.25, -0.2) is 0 Å². The van der Waals surface area contributed by atoms with E-state index in [0.717, 1.165) is 12.2 Å². The quantitative estimate of drug-likeness (QED) is 0.871. The zero-order chi connectivity index (χ0) is 12.7. The van der Waals surface area contributed by atoms with E-state index in [1.165, 1.54) is 21.9 Å². The highest BCUT2D eigenvalue weighted by Crippen LogP contribution is 2.42. The lowest BCUT2D eigenvalue weighted by atomic mass is 9.99. The van der Waals surface area contributed by atoms with Gasteiger partial charge in [0.2, 0.25) is 0 Å². The van der Waals surface area contributed by atoms with Crippen molar-refractivity contribution < 1.29 is 4.74 Å². The zero-order valence-electron chi connectivity index (χ0n) is 11.2. The van der Waals surface area contributed by atoms with Crippen LogP contribution in [-0.4, -0.2) is 14.2 Å². The number of hydrogen-bond donors (Lipinski definition) is 1. The molecule has 2 aromatic carbocycles. The number of nitrogens with one attached hydrogen (secondary N) is 1. The number of benzene rings is 2. The van der Waals surface area contributed by atoms with Crippen LogP contribution >= 0.6 is 0 Å². The van der Waals surface area contributed by atoms with E-state index in [-0.39, 0.29) is 0 Å². The van der Waals surface area contributed by atoms with Crippen molar-refractivity contribution in [3.8, 4) is 5.75 Å². The molecule has 0 saturated heterocycles. The number of rotatable bonds is 2. The largest absolute Gasteiger partial charge is 0.496 e. The van der Waals surface area contributed by atoms with Crippen LogP contribution < -0.4 is 10.1 Å². The van der Waals surface area contributed by atoms with E-state index in [0.29, 0.717) is 12.0 Å². The van der Waals surface area contributed by atoms with Crippen LogP contribution in [0, 0.1) is 5.92 Å². The van der Waals surface area contributed by atoms with Crippen molar-refractivity contribution in [1.82, 2.24) is 5.32 Å². The highest BCUT2D eigenvalue weighted by atomic mass is 16.5. The monoisotopic (exact) mass is 241 g/mol. The number of methoxy groups -OCH3 is 1. The van der Waals surface area contributed by atoms with Crippen molar-refractivity contribution in [2.75, 3.05) is 14.2 Å². The summed E-state index contributed by atoms with van der Waals surface area (Å²) in [5, 5.41) is 6.00. The molecule has 0 bridgehead atoms. The molecule has 0 aromatic heterocycles. The van der Waals surface area contributed by atoms with Gasteiger partial charge in [0.05, 0.1) is 7.11 Å². The second kappa shape index (κ2) is 4.29. The molecule has 0 amide bonds. The van der Waals surface area contributed by atoms with Crippen LogP contribution in [0.4, 0.5) is 0 Å². The van der Waals surface area contributed by atoms with Crippen LogP contribution in [0.25, 0.3) is 10.8 Å². The summed E-state index contributed by atoms with van der Waals surface area (Å²) in [5.41, 5.74) is 2.89. The van der Waals surface area contributed by atoms with Crippen LogP contribution in [0.3, 0.4) is 0 Å². The molecular formula is C16H19NO. The molecule has 0 spiro atoms. The van der Waals surface area contributed by atoms with Crippen LogP contribution in [-0.2, 0) is 6.42 Å². The molecule has 0 fully saturated rings. The fourth-order valence-corrected chi connectivity index (χ4v) is 3.28. The normalized spacial score (nSPS) is 22.2. The first-order valence-corrected chi connectivity index (χ1v) is 6.52. The summed E-state index contributed by atoms with van der Waals surface area (Å²) in [6, 6.07) is 11.2. The molecule has 2 nitrogen and oxygen atoms in total. The molecule has 1 N–H and O–H groups in total. The summed E-state index contributed by atoms with van der Waals surface area (Å²) in [7, 11) is 3.79. The fourth-order valence-electron chi connectivity index (χ4n) is 3.28. The van der Waals surface area contributed by atoms with Gasteiger partial charge in [0.15, 0.2) is 0 Å². The molecule has 0 aliphatic heterocycles. The topological polar surface area (TPSA) is 21.3 Å². The third-order valence-electron chi connectivity index (χ3n) is 4.11. The van der Waals surface area contributed by atoms with Crippen LogP contribution in [0.5, 0.6) is 5.75 Å². The average Bonchev–Trinajstić information content (AvgIpc) is 2.73. The molecule has 0 radical (unpaired) electrons. The summed E-state index contributed by atoms with van der Waals surface area (Å²) >= 11 is 0. The highest BCUT2D eigenvalue weighted by molar-refractivity contribution is 5.92. The molecule has 2 heteroatoms. The second-order valence-corrected chi connectivity index (χ2v) is 5.14. The summed E-state index contributed by atoms with van der Waals surface area (Å²) in [6.45, 7) is 2.31. The van der Waals surface area contributed by atoms with E-state index >= 15 is 0 Å². The molecule has 2 aromatic rings. The fraction of sp³-hybridized carbons (Fsp3) is 0.375. The van der Waals surface area contributed by atoms with Gasteiger partial charge in [-0.2, -0.15) is 0 Å². The Labute approximate surface area is 108 Å². The standard InChI is InChI=1S/C16H19NO/c1-10-8-13-11-6-4-5-7-12(11)15(18-3)9-14(13)16(10)17-2/h4-7,9-10,16-17H,8H2,1-3H3. The molecule has 2 atom stereocenters. The van der Waals surface area contributed by atoms with E-state index in [1.807, 2.05) is 7.05 Å². The van der Waals surface area contributed by atoms with E-state index in [1.54, 1.807) is 7.11 Å². The van der Waals surface area contributed by atoms with Gasteiger partial charge in [0.25, 0.3) is 0 Å². The lowest BCUT2D eigenvalue weighted by molar-refractivity contribution is 0.416. The maximum Gasteiger partial charge on any atom is 0.127 e. The van der Waals surface area contributed by atoms with E-state index in [4.69, 9.17) is 4.74 Å². The Hall–Kier alpha value is -1.54. The van der Waals surface area contributed by atoms with Gasteiger partial charge in [0.1, 0.15) is 5.75 Å². The average molecular weight is 241 g/mol. The molecule has 18 heavy (non-hydrogen) atoms. The highest BCUT2D eigenvalue weighted by Gasteiger charge is 2.30. The zero-order valence-corrected chi connectivity index (χ0v) is 11.2. The summed E-state index contributed by atoms with van der Waals surface area (Å²) in [5.74, 6) is 1.62. The minimum Gasteiger partial charge on any atom is -0.496 e. The first-order valence-electron chi connectivity index (χ1n) is 6.52. The smallest absolute Gasteiger partial charge is 0.127 e. The Morgan fingerprint density at radius 2 is 1.94 bits per heavy atom. The Bertz CT molecular complexity index is 591. The van der Waals surface area contributed by atoms with Gasteiger partial charge < -0.3 is 10.1 Å². The molecular weight excluding hydrogens is 222 g/mol. The third kappa shape index (κ3) is 1.52. The molecule has 94 valence electrons. The van der Waals surface area contributed by atoms with Crippen LogP contribution in [0.15, 0.2) is 30.3 Å². The van der Waals surface area contributed by atoms with E-state index < -0.39 is 0 Å². The molecule has 2 unspecified atom stereocenters. The SMILES string of the molecule is CNC1c2cc(OC)c3ccccc3c2CC1C. The summed E-state index contributed by atoms with van der Waals surface area (Å²) in [6.07, 6.45) is 1.14. The molecule has 1 aliphatic carbocycles. The van der Waals surface area contributed by atoms with Gasteiger partial charge in [-0.05, 0) is 42.0 Å². The summed E-state index contributed by atoms with van der Waals surface area (Å²) in [4.78, 5) is 0. The Morgan fingerprint density at radius 1 is 1.22 bits per heavy atom. The van der Waals surface area contributed by atoms with Crippen molar-refractivity contribution in [2.45, 2.75) is 19.4 Å². The Balaban J connectivity index is 2.32. The van der Waals surface area contributed by atoms with Crippen molar-refractivity contribution in [2.24, 2.45) is 5.92 Å². The number of fused-ring (bicyclic) bond motifs is 3. The second-order valence-electron chi connectivity index (χ2n) is 5.14. The lowest BCUT2D eigenvalue weighted by Crippen LogP contribution is -2.19. The predicted octanol–water partition coefficient (Wildman–Crippen LogP) is 3.30. The van der Waals surface area contributed by atoms with Crippen molar-refractivity contribution in [3.63, 3.8) is 0 Å². The molecule has 1 aliphatic rings. The molecule has 3 rings (SSSR count). The van der Waals surface area contributed by atoms with Gasteiger partial charge in [-0.1, -0.05) is 31.2 Å². The molecule has 0 heterocycles. The van der Waals surface area contributed by atoms with Crippen molar-refractivity contribution >= 4 is 10.8 Å². The lowest BCUT2D eigenvalue weighted by Gasteiger charge is -2.16. The van der Waals surface area contributed by atoms with E-state index in [2.05, 4.69) is 42.6 Å². The van der Waals surface area contributed by atoms with E-state index in [9.17, 15) is 0 Å². The predicted molar refractivity (Wildman–Crippen MR) is 75.2 cm³/mol. The first kappa shape index (κ1) is 11.5. The van der Waals surface area contributed by atoms with Gasteiger partial charge >= 0.3 is 0 Å². The maximum absolute atomic E-state index is 5.55. The number of ether oxygens (including phenoxy) is 1. The van der Waals surface area contributed by atoms with Crippen LogP contribution in [0.2, 0.25) is 0 Å². The third-order valence-corrected chi connectivity index (χ3v) is 4.11.